The van der Waals surface area contributed by atoms with E-state index in [1.54, 1.807) is 0 Å². The van der Waals surface area contributed by atoms with Crippen LogP contribution in [0.5, 0.6) is 0 Å². The third-order valence-electron chi connectivity index (χ3n) is 7.87. The number of thiophene rings is 1. The number of nitrogens with zero attached hydrogens (tertiary/aromatic N) is 3. The van der Waals surface area contributed by atoms with Crippen molar-refractivity contribution >= 4 is 39.0 Å². The van der Waals surface area contributed by atoms with Crippen molar-refractivity contribution in [1.29, 1.82) is 0 Å². The van der Waals surface area contributed by atoms with Crippen LogP contribution in [-0.2, 0) is 12.8 Å². The first-order chi connectivity index (χ1) is 16.0. The SMILES string of the molecule is Cc1cc(C)c2c(N)c(C(=O)N[C@H]3CCc4nc(N5CC[C@H]6CCC[C@H]65)ccc4C3)sc2n1. The molecule has 0 spiro atoms. The second-order valence-electron chi connectivity index (χ2n) is 10.0. The Labute approximate surface area is 198 Å². The average Bonchev–Trinajstić information content (AvgIpc) is 3.48. The summed E-state index contributed by atoms with van der Waals surface area (Å²) in [6.07, 6.45) is 7.99. The molecule has 1 aliphatic heterocycles. The molecular formula is C26H31N5OS. The zero-order chi connectivity index (χ0) is 22.7. The van der Waals surface area contributed by atoms with E-state index in [0.717, 1.165) is 59.0 Å². The van der Waals surface area contributed by atoms with E-state index in [0.29, 0.717) is 16.6 Å². The first kappa shape index (κ1) is 20.9. The minimum atomic E-state index is -0.0880. The Bertz CT molecular complexity index is 1250. The van der Waals surface area contributed by atoms with Gasteiger partial charge in [-0.15, -0.1) is 11.3 Å². The lowest BCUT2D eigenvalue weighted by atomic mass is 9.91. The number of carbonyl (C=O) groups excluding carboxylic acids is 1. The summed E-state index contributed by atoms with van der Waals surface area (Å²) in [6.45, 7) is 5.14. The lowest BCUT2D eigenvalue weighted by Crippen LogP contribution is -2.39. The minimum absolute atomic E-state index is 0.0880. The third-order valence-corrected chi connectivity index (χ3v) is 8.97. The van der Waals surface area contributed by atoms with Crippen LogP contribution in [0.1, 0.15) is 64.3 Å². The van der Waals surface area contributed by atoms with E-state index >= 15 is 0 Å². The number of pyridine rings is 2. The molecule has 3 aromatic rings. The van der Waals surface area contributed by atoms with Gasteiger partial charge in [0.05, 0.1) is 5.69 Å². The standard InChI is InChI=1S/C26H31N5OS/c1-14-12-15(2)28-26-22(14)23(27)24(33-26)25(32)29-18-7-8-19-17(13-18)6-9-21(30-19)31-11-10-16-4-3-5-20(16)31/h6,9,12,16,18,20H,3-5,7-8,10-11,13,27H2,1-2H3,(H,29,32)/t16-,18+,20-/m1/s1. The van der Waals surface area contributed by atoms with E-state index in [4.69, 9.17) is 10.7 Å². The zero-order valence-electron chi connectivity index (χ0n) is 19.4. The molecule has 2 aliphatic carbocycles. The van der Waals surface area contributed by atoms with Crippen molar-refractivity contribution in [3.8, 4) is 0 Å². The molecule has 0 aromatic carbocycles. The summed E-state index contributed by atoms with van der Waals surface area (Å²) in [5, 5.41) is 4.15. The molecule has 3 atom stereocenters. The van der Waals surface area contributed by atoms with E-state index < -0.39 is 0 Å². The Morgan fingerprint density at radius 1 is 1.18 bits per heavy atom. The molecule has 172 valence electrons. The van der Waals surface area contributed by atoms with Gasteiger partial charge in [0.15, 0.2) is 0 Å². The zero-order valence-corrected chi connectivity index (χ0v) is 20.2. The molecule has 6 rings (SSSR count). The van der Waals surface area contributed by atoms with Crippen molar-refractivity contribution in [2.75, 3.05) is 17.2 Å². The summed E-state index contributed by atoms with van der Waals surface area (Å²) in [5.74, 6) is 1.93. The van der Waals surface area contributed by atoms with Crippen molar-refractivity contribution < 1.29 is 4.79 Å². The fraction of sp³-hybridized carbons (Fsp3) is 0.500. The first-order valence-corrected chi connectivity index (χ1v) is 13.0. The largest absolute Gasteiger partial charge is 0.397 e. The smallest absolute Gasteiger partial charge is 0.263 e. The molecule has 2 fully saturated rings. The van der Waals surface area contributed by atoms with E-state index in [1.165, 1.54) is 48.3 Å². The number of hydrogen-bond acceptors (Lipinski definition) is 6. The van der Waals surface area contributed by atoms with Gasteiger partial charge in [-0.1, -0.05) is 12.5 Å². The Balaban J connectivity index is 1.18. The van der Waals surface area contributed by atoms with Gasteiger partial charge in [0.1, 0.15) is 15.5 Å². The van der Waals surface area contributed by atoms with Gasteiger partial charge in [-0.2, -0.15) is 0 Å². The van der Waals surface area contributed by atoms with Crippen LogP contribution in [0.25, 0.3) is 10.2 Å². The lowest BCUT2D eigenvalue weighted by Gasteiger charge is -2.29. The van der Waals surface area contributed by atoms with Crippen LogP contribution in [0, 0.1) is 19.8 Å². The number of aromatic nitrogens is 2. The number of anilines is 2. The third kappa shape index (κ3) is 3.57. The Morgan fingerprint density at radius 2 is 2.06 bits per heavy atom. The van der Waals surface area contributed by atoms with Gasteiger partial charge < -0.3 is 16.0 Å². The van der Waals surface area contributed by atoms with Crippen molar-refractivity contribution in [3.63, 3.8) is 0 Å². The maximum absolute atomic E-state index is 13.1. The van der Waals surface area contributed by atoms with E-state index in [9.17, 15) is 4.79 Å². The molecule has 4 heterocycles. The van der Waals surface area contributed by atoms with E-state index in [-0.39, 0.29) is 11.9 Å². The predicted molar refractivity (Wildman–Crippen MR) is 134 cm³/mol. The van der Waals surface area contributed by atoms with Gasteiger partial charge in [0, 0.05) is 35.4 Å². The maximum atomic E-state index is 13.1. The lowest BCUT2D eigenvalue weighted by molar-refractivity contribution is 0.0938. The number of hydrogen-bond donors (Lipinski definition) is 2. The van der Waals surface area contributed by atoms with Crippen LogP contribution in [0.2, 0.25) is 0 Å². The molecule has 33 heavy (non-hydrogen) atoms. The number of amides is 1. The monoisotopic (exact) mass is 461 g/mol. The average molecular weight is 462 g/mol. The summed E-state index contributed by atoms with van der Waals surface area (Å²) < 4.78 is 0. The van der Waals surface area contributed by atoms with Gasteiger partial charge >= 0.3 is 0 Å². The fourth-order valence-corrected chi connectivity index (χ4v) is 7.41. The quantitative estimate of drug-likeness (QED) is 0.598. The van der Waals surface area contributed by atoms with Crippen LogP contribution in [0.3, 0.4) is 0 Å². The summed E-state index contributed by atoms with van der Waals surface area (Å²) in [7, 11) is 0. The highest BCUT2D eigenvalue weighted by atomic mass is 32.1. The number of fused-ring (bicyclic) bond motifs is 3. The molecule has 0 radical (unpaired) electrons. The molecular weight excluding hydrogens is 430 g/mol. The highest BCUT2D eigenvalue weighted by molar-refractivity contribution is 7.21. The number of aryl methyl sites for hydroxylation is 3. The van der Waals surface area contributed by atoms with Crippen LogP contribution >= 0.6 is 11.3 Å². The summed E-state index contributed by atoms with van der Waals surface area (Å²) >= 11 is 1.39. The number of carbonyl (C=O) groups is 1. The first-order valence-electron chi connectivity index (χ1n) is 12.2. The number of nitrogen functional groups attached to an aromatic ring is 1. The molecule has 6 nitrogen and oxygen atoms in total. The van der Waals surface area contributed by atoms with Gasteiger partial charge in [0.2, 0.25) is 0 Å². The van der Waals surface area contributed by atoms with Crippen molar-refractivity contribution in [2.45, 2.75) is 70.9 Å². The molecule has 0 unspecified atom stereocenters. The highest BCUT2D eigenvalue weighted by Crippen LogP contribution is 2.40. The molecule has 0 bridgehead atoms. The summed E-state index contributed by atoms with van der Waals surface area (Å²) in [6, 6.07) is 7.25. The molecule has 1 saturated heterocycles. The van der Waals surface area contributed by atoms with Gasteiger partial charge in [-0.25, -0.2) is 9.97 Å². The van der Waals surface area contributed by atoms with E-state index in [2.05, 4.69) is 27.3 Å². The predicted octanol–water partition coefficient (Wildman–Crippen LogP) is 4.56. The maximum Gasteiger partial charge on any atom is 0.263 e. The van der Waals surface area contributed by atoms with Crippen molar-refractivity contribution in [3.05, 3.63) is 45.6 Å². The van der Waals surface area contributed by atoms with Crippen LogP contribution in [0.4, 0.5) is 11.5 Å². The minimum Gasteiger partial charge on any atom is -0.397 e. The molecule has 3 aromatic heterocycles. The molecule has 3 N–H and O–H groups in total. The Kier molecular flexibility index (Phi) is 5.05. The second kappa shape index (κ2) is 7.97. The molecule has 1 amide bonds. The van der Waals surface area contributed by atoms with Gasteiger partial charge in [0.25, 0.3) is 5.91 Å². The number of nitrogens with one attached hydrogen (secondary N) is 1. The van der Waals surface area contributed by atoms with Crippen molar-refractivity contribution in [2.24, 2.45) is 5.92 Å². The van der Waals surface area contributed by atoms with Gasteiger partial charge in [-0.3, -0.25) is 4.79 Å². The summed E-state index contributed by atoms with van der Waals surface area (Å²) in [5.41, 5.74) is 11.4. The number of nitrogens with two attached hydrogens (primary N) is 1. The topological polar surface area (TPSA) is 84.1 Å². The van der Waals surface area contributed by atoms with Crippen LogP contribution < -0.4 is 16.0 Å². The highest BCUT2D eigenvalue weighted by Gasteiger charge is 2.38. The van der Waals surface area contributed by atoms with Crippen LogP contribution in [-0.4, -0.2) is 34.5 Å². The molecule has 7 heteroatoms. The second-order valence-corrected chi connectivity index (χ2v) is 11.0. The van der Waals surface area contributed by atoms with Crippen LogP contribution in [0.15, 0.2) is 18.2 Å². The van der Waals surface area contributed by atoms with Crippen molar-refractivity contribution in [1.82, 2.24) is 15.3 Å². The molecule has 3 aliphatic rings. The number of rotatable bonds is 3. The normalized spacial score (nSPS) is 24.2. The van der Waals surface area contributed by atoms with E-state index in [1.807, 2.05) is 19.9 Å². The van der Waals surface area contributed by atoms with Gasteiger partial charge in [-0.05, 0) is 81.5 Å². The Morgan fingerprint density at radius 3 is 2.94 bits per heavy atom. The fourth-order valence-electron chi connectivity index (χ4n) is 6.29. The molecule has 1 saturated carbocycles. The summed E-state index contributed by atoms with van der Waals surface area (Å²) in [4.78, 5) is 26.7. The Hall–Kier alpha value is -2.67.